The van der Waals surface area contributed by atoms with E-state index in [4.69, 9.17) is 9.26 Å². The van der Waals surface area contributed by atoms with Crippen LogP contribution in [0, 0.1) is 0 Å². The Balaban J connectivity index is 1.83. The number of amides is 1. The van der Waals surface area contributed by atoms with Crippen LogP contribution in [0.25, 0.3) is 5.69 Å². The van der Waals surface area contributed by atoms with Gasteiger partial charge in [-0.15, -0.1) is 0 Å². The van der Waals surface area contributed by atoms with E-state index >= 15 is 0 Å². The summed E-state index contributed by atoms with van der Waals surface area (Å²) in [6.07, 6.45) is 4.72. The van der Waals surface area contributed by atoms with Crippen LogP contribution in [0.15, 0.2) is 53.5 Å². The van der Waals surface area contributed by atoms with Gasteiger partial charge in [-0.1, -0.05) is 17.3 Å². The lowest BCUT2D eigenvalue weighted by molar-refractivity contribution is 0.0737. The standard InChI is InChI=1S/C17H18N4O3/c1-12(14-8-9-24-19-14)20(2)17(22)13-10-18-21(11-13)15-6-4-5-7-16(15)23-3/h4-12H,1-3H3/t12-/m0/s1. The summed E-state index contributed by atoms with van der Waals surface area (Å²) in [5, 5.41) is 8.16. The molecular weight excluding hydrogens is 308 g/mol. The fourth-order valence-corrected chi connectivity index (χ4v) is 2.40. The molecule has 0 aliphatic rings. The molecule has 3 rings (SSSR count). The number of aromatic nitrogens is 3. The van der Waals surface area contributed by atoms with Crippen LogP contribution >= 0.6 is 0 Å². The summed E-state index contributed by atoms with van der Waals surface area (Å²) >= 11 is 0. The van der Waals surface area contributed by atoms with Crippen LogP contribution in [0.3, 0.4) is 0 Å². The van der Waals surface area contributed by atoms with Gasteiger partial charge in [-0.25, -0.2) is 4.68 Å². The molecule has 1 amide bonds. The van der Waals surface area contributed by atoms with Gasteiger partial charge in [0.15, 0.2) is 0 Å². The van der Waals surface area contributed by atoms with Gasteiger partial charge >= 0.3 is 0 Å². The first kappa shape index (κ1) is 15.8. The van der Waals surface area contributed by atoms with Gasteiger partial charge in [-0.3, -0.25) is 4.79 Å². The smallest absolute Gasteiger partial charge is 0.257 e. The first-order chi connectivity index (χ1) is 11.6. The Labute approximate surface area is 139 Å². The number of rotatable bonds is 5. The number of carbonyl (C=O) groups is 1. The molecule has 124 valence electrons. The Morgan fingerprint density at radius 3 is 2.83 bits per heavy atom. The van der Waals surface area contributed by atoms with Crippen LogP contribution in [0.5, 0.6) is 5.75 Å². The van der Waals surface area contributed by atoms with Crippen molar-refractivity contribution < 1.29 is 14.1 Å². The lowest BCUT2D eigenvalue weighted by Crippen LogP contribution is -2.29. The highest BCUT2D eigenvalue weighted by molar-refractivity contribution is 5.93. The minimum atomic E-state index is -0.203. The summed E-state index contributed by atoms with van der Waals surface area (Å²) in [6, 6.07) is 9.03. The molecule has 0 saturated heterocycles. The number of hydrogen-bond acceptors (Lipinski definition) is 5. The van der Waals surface area contributed by atoms with E-state index < -0.39 is 0 Å². The van der Waals surface area contributed by atoms with Crippen molar-refractivity contribution in [2.75, 3.05) is 14.2 Å². The topological polar surface area (TPSA) is 73.4 Å². The summed E-state index contributed by atoms with van der Waals surface area (Å²) < 4.78 is 11.8. The molecule has 7 heteroatoms. The van der Waals surface area contributed by atoms with E-state index in [9.17, 15) is 4.79 Å². The normalized spacial score (nSPS) is 12.0. The van der Waals surface area contributed by atoms with Gasteiger partial charge in [-0.05, 0) is 19.1 Å². The van der Waals surface area contributed by atoms with Crippen molar-refractivity contribution in [2.45, 2.75) is 13.0 Å². The number of carbonyl (C=O) groups excluding carboxylic acids is 1. The summed E-state index contributed by atoms with van der Waals surface area (Å²) in [4.78, 5) is 14.3. The Morgan fingerprint density at radius 2 is 2.12 bits per heavy atom. The third-order valence-corrected chi connectivity index (χ3v) is 3.95. The van der Waals surface area contributed by atoms with Crippen molar-refractivity contribution in [3.8, 4) is 11.4 Å². The molecule has 0 N–H and O–H groups in total. The Kier molecular flexibility index (Phi) is 4.33. The first-order valence-electron chi connectivity index (χ1n) is 7.47. The van der Waals surface area contributed by atoms with E-state index in [0.717, 1.165) is 5.69 Å². The molecule has 3 aromatic rings. The second-order valence-electron chi connectivity index (χ2n) is 5.36. The second-order valence-corrected chi connectivity index (χ2v) is 5.36. The van der Waals surface area contributed by atoms with Crippen molar-refractivity contribution in [2.24, 2.45) is 0 Å². The van der Waals surface area contributed by atoms with Gasteiger partial charge in [0.1, 0.15) is 23.4 Å². The zero-order valence-electron chi connectivity index (χ0n) is 13.7. The number of benzene rings is 1. The SMILES string of the molecule is COc1ccccc1-n1cc(C(=O)N(C)[C@@H](C)c2ccon2)cn1. The summed E-state index contributed by atoms with van der Waals surface area (Å²) in [5.74, 6) is 0.538. The van der Waals surface area contributed by atoms with Crippen molar-refractivity contribution in [3.05, 3.63) is 60.2 Å². The van der Waals surface area contributed by atoms with E-state index in [0.29, 0.717) is 17.0 Å². The molecule has 2 heterocycles. The Morgan fingerprint density at radius 1 is 1.33 bits per heavy atom. The molecule has 2 aromatic heterocycles. The predicted octanol–water partition coefficient (Wildman–Crippen LogP) is 2.70. The van der Waals surface area contributed by atoms with Crippen LogP contribution in [0.4, 0.5) is 0 Å². The zero-order valence-corrected chi connectivity index (χ0v) is 13.7. The predicted molar refractivity (Wildman–Crippen MR) is 87.1 cm³/mol. The van der Waals surface area contributed by atoms with E-state index in [1.807, 2.05) is 31.2 Å². The van der Waals surface area contributed by atoms with Crippen LogP contribution in [0.1, 0.15) is 29.0 Å². The highest BCUT2D eigenvalue weighted by atomic mass is 16.5. The average molecular weight is 326 g/mol. The molecule has 0 bridgehead atoms. The fourth-order valence-electron chi connectivity index (χ4n) is 2.40. The first-order valence-corrected chi connectivity index (χ1v) is 7.47. The van der Waals surface area contributed by atoms with E-state index in [-0.39, 0.29) is 11.9 Å². The molecule has 1 aromatic carbocycles. The third-order valence-electron chi connectivity index (χ3n) is 3.95. The van der Waals surface area contributed by atoms with Crippen LogP contribution < -0.4 is 4.74 Å². The minimum absolute atomic E-state index is 0.147. The quantitative estimate of drug-likeness (QED) is 0.721. The molecule has 1 atom stereocenters. The third kappa shape index (κ3) is 2.88. The highest BCUT2D eigenvalue weighted by Gasteiger charge is 2.22. The Hall–Kier alpha value is -3.09. The maximum atomic E-state index is 12.7. The Bertz CT molecular complexity index is 826. The van der Waals surface area contributed by atoms with E-state index in [2.05, 4.69) is 10.3 Å². The number of para-hydroxylation sites is 2. The second kappa shape index (κ2) is 6.57. The van der Waals surface area contributed by atoms with Crippen LogP contribution in [0.2, 0.25) is 0 Å². The largest absolute Gasteiger partial charge is 0.494 e. The van der Waals surface area contributed by atoms with Gasteiger partial charge in [0.2, 0.25) is 0 Å². The van der Waals surface area contributed by atoms with Gasteiger partial charge in [0.25, 0.3) is 5.91 Å². The molecule has 0 radical (unpaired) electrons. The maximum absolute atomic E-state index is 12.7. The number of methoxy groups -OCH3 is 1. The monoisotopic (exact) mass is 326 g/mol. The lowest BCUT2D eigenvalue weighted by atomic mass is 10.2. The summed E-state index contributed by atoms with van der Waals surface area (Å²) in [6.45, 7) is 1.89. The number of ether oxygens (including phenoxy) is 1. The van der Waals surface area contributed by atoms with Crippen molar-refractivity contribution in [1.82, 2.24) is 19.8 Å². The van der Waals surface area contributed by atoms with Gasteiger partial charge in [0, 0.05) is 19.3 Å². The summed E-state index contributed by atoms with van der Waals surface area (Å²) in [5.41, 5.74) is 1.95. The molecule has 0 unspecified atom stereocenters. The number of nitrogens with zero attached hydrogens (tertiary/aromatic N) is 4. The van der Waals surface area contributed by atoms with Crippen molar-refractivity contribution >= 4 is 5.91 Å². The summed E-state index contributed by atoms with van der Waals surface area (Å²) in [7, 11) is 3.32. The molecule has 7 nitrogen and oxygen atoms in total. The molecular formula is C17H18N4O3. The zero-order chi connectivity index (χ0) is 17.1. The number of hydrogen-bond donors (Lipinski definition) is 0. The highest BCUT2D eigenvalue weighted by Crippen LogP contribution is 2.23. The molecule has 0 saturated carbocycles. The van der Waals surface area contributed by atoms with E-state index in [1.165, 1.54) is 6.26 Å². The molecule has 24 heavy (non-hydrogen) atoms. The van der Waals surface area contributed by atoms with Crippen LogP contribution in [-0.2, 0) is 0 Å². The minimum Gasteiger partial charge on any atom is -0.494 e. The molecule has 0 aliphatic heterocycles. The average Bonchev–Trinajstić information content (AvgIpc) is 3.31. The van der Waals surface area contributed by atoms with E-state index in [1.54, 1.807) is 42.2 Å². The van der Waals surface area contributed by atoms with Crippen molar-refractivity contribution in [1.29, 1.82) is 0 Å². The van der Waals surface area contributed by atoms with Gasteiger partial charge in [-0.2, -0.15) is 5.10 Å². The molecule has 0 spiro atoms. The van der Waals surface area contributed by atoms with Gasteiger partial charge in [0.05, 0.1) is 24.9 Å². The van der Waals surface area contributed by atoms with Gasteiger partial charge < -0.3 is 14.2 Å². The fraction of sp³-hybridized carbons (Fsp3) is 0.235. The lowest BCUT2D eigenvalue weighted by Gasteiger charge is -2.22. The molecule has 0 aliphatic carbocycles. The van der Waals surface area contributed by atoms with Crippen LogP contribution in [-0.4, -0.2) is 39.9 Å². The van der Waals surface area contributed by atoms with Crippen molar-refractivity contribution in [3.63, 3.8) is 0 Å². The maximum Gasteiger partial charge on any atom is 0.257 e. The molecule has 0 fully saturated rings.